The van der Waals surface area contributed by atoms with Crippen molar-refractivity contribution in [1.82, 2.24) is 0 Å². The molecular formula is C10H16O9. The van der Waals surface area contributed by atoms with E-state index in [2.05, 4.69) is 0 Å². The molecule has 0 heterocycles. The molecule has 0 aliphatic rings. The standard InChI is InChI=1S/C6H8O7.C4H8O2/c7-3(8)1-6(13,5(11)12)2-4(9)10;1-3(2)4(5)6/h13H,1-2H2,(H,7,8)(H,9,10)(H,11,12);3H,1-2H3,(H,5,6). The van der Waals surface area contributed by atoms with E-state index in [0.29, 0.717) is 0 Å². The number of hydrogen-bond acceptors (Lipinski definition) is 5. The maximum absolute atomic E-state index is 10.3. The second-order valence-corrected chi connectivity index (χ2v) is 3.97. The number of carboxylic acids is 4. The van der Waals surface area contributed by atoms with E-state index in [0.717, 1.165) is 0 Å². The van der Waals surface area contributed by atoms with E-state index in [1.54, 1.807) is 13.8 Å². The molecule has 0 aromatic carbocycles. The number of hydrogen-bond donors (Lipinski definition) is 5. The molecule has 0 aliphatic carbocycles. The van der Waals surface area contributed by atoms with Crippen LogP contribution >= 0.6 is 0 Å². The summed E-state index contributed by atoms with van der Waals surface area (Å²) in [7, 11) is 0. The molecule has 0 saturated heterocycles. The van der Waals surface area contributed by atoms with Gasteiger partial charge in [-0.05, 0) is 0 Å². The second kappa shape index (κ2) is 8.03. The SMILES string of the molecule is CC(C)C(=O)O.O=C(O)CC(O)(CC(=O)O)C(=O)O. The van der Waals surface area contributed by atoms with Gasteiger partial charge < -0.3 is 25.5 Å². The van der Waals surface area contributed by atoms with E-state index in [-0.39, 0.29) is 5.92 Å². The first-order chi connectivity index (χ1) is 8.42. The van der Waals surface area contributed by atoms with Gasteiger partial charge in [0.25, 0.3) is 0 Å². The Morgan fingerprint density at radius 2 is 1.16 bits per heavy atom. The molecule has 0 aromatic heterocycles. The number of carboxylic acid groups (broad SMARTS) is 4. The molecule has 110 valence electrons. The van der Waals surface area contributed by atoms with Crippen molar-refractivity contribution in [1.29, 1.82) is 0 Å². The molecule has 0 fully saturated rings. The van der Waals surface area contributed by atoms with Crippen LogP contribution in [-0.4, -0.2) is 55.0 Å². The molecular weight excluding hydrogens is 264 g/mol. The van der Waals surface area contributed by atoms with Crippen LogP contribution in [0, 0.1) is 5.92 Å². The van der Waals surface area contributed by atoms with Crippen molar-refractivity contribution in [3.8, 4) is 0 Å². The lowest BCUT2D eigenvalue weighted by molar-refractivity contribution is -0.170. The van der Waals surface area contributed by atoms with Crippen LogP contribution < -0.4 is 0 Å². The van der Waals surface area contributed by atoms with Gasteiger partial charge in [-0.25, -0.2) is 4.79 Å². The van der Waals surface area contributed by atoms with E-state index in [1.807, 2.05) is 0 Å². The highest BCUT2D eigenvalue weighted by molar-refractivity contribution is 5.88. The van der Waals surface area contributed by atoms with Crippen LogP contribution in [0.3, 0.4) is 0 Å². The Balaban J connectivity index is 0. The highest BCUT2D eigenvalue weighted by Gasteiger charge is 2.40. The lowest BCUT2D eigenvalue weighted by atomic mass is 9.96. The number of rotatable bonds is 6. The Labute approximate surface area is 108 Å². The van der Waals surface area contributed by atoms with E-state index in [9.17, 15) is 19.2 Å². The fraction of sp³-hybridized carbons (Fsp3) is 0.600. The largest absolute Gasteiger partial charge is 0.481 e. The molecule has 0 amide bonds. The monoisotopic (exact) mass is 280 g/mol. The molecule has 0 atom stereocenters. The van der Waals surface area contributed by atoms with E-state index in [1.165, 1.54) is 0 Å². The molecule has 0 unspecified atom stereocenters. The summed E-state index contributed by atoms with van der Waals surface area (Å²) >= 11 is 0. The van der Waals surface area contributed by atoms with Crippen LogP contribution in [0.2, 0.25) is 0 Å². The van der Waals surface area contributed by atoms with Gasteiger partial charge in [-0.15, -0.1) is 0 Å². The van der Waals surface area contributed by atoms with Gasteiger partial charge in [-0.2, -0.15) is 0 Å². The Hall–Kier alpha value is -2.16. The van der Waals surface area contributed by atoms with Crippen molar-refractivity contribution >= 4 is 23.9 Å². The van der Waals surface area contributed by atoms with Crippen LogP contribution in [0.5, 0.6) is 0 Å². The first-order valence-electron chi connectivity index (χ1n) is 5.04. The summed E-state index contributed by atoms with van der Waals surface area (Å²) in [5, 5.41) is 41.8. The van der Waals surface area contributed by atoms with Crippen LogP contribution in [0.15, 0.2) is 0 Å². The number of carbonyl (C=O) groups is 4. The van der Waals surface area contributed by atoms with Gasteiger partial charge in [-0.3, -0.25) is 14.4 Å². The molecule has 19 heavy (non-hydrogen) atoms. The molecule has 9 nitrogen and oxygen atoms in total. The first kappa shape index (κ1) is 19.2. The van der Waals surface area contributed by atoms with Crippen molar-refractivity contribution in [2.75, 3.05) is 0 Å². The minimum absolute atomic E-state index is 0.231. The van der Waals surface area contributed by atoms with Crippen molar-refractivity contribution in [2.24, 2.45) is 5.92 Å². The zero-order valence-electron chi connectivity index (χ0n) is 10.4. The van der Waals surface area contributed by atoms with Gasteiger partial charge in [0, 0.05) is 0 Å². The normalized spacial score (nSPS) is 10.3. The molecule has 9 heteroatoms. The molecule has 0 bridgehead atoms. The van der Waals surface area contributed by atoms with Crippen molar-refractivity contribution < 1.29 is 44.7 Å². The van der Waals surface area contributed by atoms with Crippen molar-refractivity contribution in [3.05, 3.63) is 0 Å². The van der Waals surface area contributed by atoms with Gasteiger partial charge in [0.15, 0.2) is 5.60 Å². The quantitative estimate of drug-likeness (QED) is 0.429. The van der Waals surface area contributed by atoms with Crippen molar-refractivity contribution in [2.45, 2.75) is 32.3 Å². The predicted octanol–water partition coefficient (Wildman–Crippen LogP) is -0.521. The summed E-state index contributed by atoms with van der Waals surface area (Å²) in [4.78, 5) is 40.2. The summed E-state index contributed by atoms with van der Waals surface area (Å²) in [5.41, 5.74) is -2.74. The van der Waals surface area contributed by atoms with Crippen LogP contribution in [0.25, 0.3) is 0 Å². The van der Waals surface area contributed by atoms with Gasteiger partial charge >= 0.3 is 23.9 Å². The molecule has 0 spiro atoms. The maximum Gasteiger partial charge on any atom is 0.336 e. The van der Waals surface area contributed by atoms with Gasteiger partial charge in [0.05, 0.1) is 18.8 Å². The lowest BCUT2D eigenvalue weighted by Gasteiger charge is -2.18. The van der Waals surface area contributed by atoms with E-state index in [4.69, 9.17) is 25.5 Å². The Kier molecular flexibility index (Phi) is 8.11. The third-order valence-electron chi connectivity index (χ3n) is 1.78. The first-order valence-corrected chi connectivity index (χ1v) is 5.04. The van der Waals surface area contributed by atoms with Gasteiger partial charge in [0.1, 0.15) is 0 Å². The second-order valence-electron chi connectivity index (χ2n) is 3.97. The van der Waals surface area contributed by atoms with E-state index < -0.39 is 42.3 Å². The Bertz CT molecular complexity index is 342. The summed E-state index contributed by atoms with van der Waals surface area (Å²) in [6.07, 6.45) is -2.29. The number of aliphatic hydroxyl groups is 1. The Morgan fingerprint density at radius 1 is 0.895 bits per heavy atom. The summed E-state index contributed by atoms with van der Waals surface area (Å²) < 4.78 is 0. The molecule has 5 N–H and O–H groups in total. The van der Waals surface area contributed by atoms with Gasteiger partial charge in [-0.1, -0.05) is 13.8 Å². The van der Waals surface area contributed by atoms with Crippen LogP contribution in [-0.2, 0) is 19.2 Å². The number of aliphatic carboxylic acids is 4. The molecule has 0 saturated carbocycles. The molecule has 0 aliphatic heterocycles. The fourth-order valence-electron chi connectivity index (χ4n) is 0.714. The average Bonchev–Trinajstić information content (AvgIpc) is 2.14. The van der Waals surface area contributed by atoms with Gasteiger partial charge in [0.2, 0.25) is 0 Å². The summed E-state index contributed by atoms with van der Waals surface area (Å²) in [6, 6.07) is 0. The zero-order valence-corrected chi connectivity index (χ0v) is 10.4. The fourth-order valence-corrected chi connectivity index (χ4v) is 0.714. The highest BCUT2D eigenvalue weighted by atomic mass is 16.4. The third-order valence-corrected chi connectivity index (χ3v) is 1.78. The molecule has 0 radical (unpaired) electrons. The minimum atomic E-state index is -2.74. The maximum atomic E-state index is 10.3. The molecule has 0 aromatic rings. The zero-order chi connectivity index (χ0) is 15.8. The Morgan fingerprint density at radius 3 is 1.26 bits per heavy atom. The third kappa shape index (κ3) is 9.53. The summed E-state index contributed by atoms with van der Waals surface area (Å²) in [6.45, 7) is 3.28. The van der Waals surface area contributed by atoms with Crippen LogP contribution in [0.1, 0.15) is 26.7 Å². The van der Waals surface area contributed by atoms with E-state index >= 15 is 0 Å². The summed E-state index contributed by atoms with van der Waals surface area (Å²) in [5.74, 6) is -5.99. The smallest absolute Gasteiger partial charge is 0.336 e. The minimum Gasteiger partial charge on any atom is -0.481 e. The van der Waals surface area contributed by atoms with Crippen molar-refractivity contribution in [3.63, 3.8) is 0 Å². The molecule has 0 rings (SSSR count). The average molecular weight is 280 g/mol. The van der Waals surface area contributed by atoms with Crippen LogP contribution in [0.4, 0.5) is 0 Å². The highest BCUT2D eigenvalue weighted by Crippen LogP contribution is 2.15. The lowest BCUT2D eigenvalue weighted by Crippen LogP contribution is -2.42. The topological polar surface area (TPSA) is 169 Å². The predicted molar refractivity (Wildman–Crippen MR) is 59.6 cm³/mol.